The first kappa shape index (κ1) is 9.66. The van der Waals surface area contributed by atoms with E-state index in [1.165, 1.54) is 35.9 Å². The first-order valence-corrected chi connectivity index (χ1v) is 6.74. The Morgan fingerprint density at radius 1 is 0.588 bits per heavy atom. The second-order valence-electron chi connectivity index (χ2n) is 4.44. The van der Waals surface area contributed by atoms with Crippen molar-refractivity contribution in [1.82, 2.24) is 0 Å². The summed E-state index contributed by atoms with van der Waals surface area (Å²) in [5.41, 5.74) is 0. The monoisotopic (exact) mass is 328 g/mol. The molecule has 0 aliphatic carbocycles. The average Bonchev–Trinajstić information content (AvgIpc) is 2.35. The highest BCUT2D eigenvalue weighted by Gasteiger charge is 2.07. The van der Waals surface area contributed by atoms with Crippen LogP contribution in [0.15, 0.2) is 54.6 Å². The van der Waals surface area contributed by atoms with Gasteiger partial charge in [0.05, 0.1) is 0 Å². The Kier molecular flexibility index (Phi) is 1.89. The average molecular weight is 328 g/mol. The summed E-state index contributed by atoms with van der Waals surface area (Å²) in [4.78, 5) is 0. The number of benzene rings is 4. The zero-order valence-corrected chi connectivity index (χ0v) is 11.2. The highest BCUT2D eigenvalue weighted by Crippen LogP contribution is 2.35. The highest BCUT2D eigenvalue weighted by atomic mass is 127. The van der Waals surface area contributed by atoms with Crippen LogP contribution >= 0.6 is 22.6 Å². The number of hydrogen-bond donors (Lipinski definition) is 0. The Balaban J connectivity index is 2.45. The minimum atomic E-state index is 1.30. The van der Waals surface area contributed by atoms with E-state index < -0.39 is 0 Å². The zero-order chi connectivity index (χ0) is 11.4. The van der Waals surface area contributed by atoms with Crippen LogP contribution in [0.1, 0.15) is 0 Å². The molecule has 4 rings (SSSR count). The van der Waals surface area contributed by atoms with Crippen LogP contribution in [-0.2, 0) is 0 Å². The molecule has 4 aromatic rings. The maximum Gasteiger partial charge on any atom is 0.0142 e. The van der Waals surface area contributed by atoms with E-state index in [0.717, 1.165) is 0 Å². The van der Waals surface area contributed by atoms with Gasteiger partial charge in [0.25, 0.3) is 0 Å². The summed E-state index contributed by atoms with van der Waals surface area (Å²) in [6.07, 6.45) is 0. The molecule has 17 heavy (non-hydrogen) atoms. The number of hydrogen-bond acceptors (Lipinski definition) is 0. The number of rotatable bonds is 0. The quantitative estimate of drug-likeness (QED) is 0.308. The van der Waals surface area contributed by atoms with Gasteiger partial charge in [-0.3, -0.25) is 0 Å². The van der Waals surface area contributed by atoms with Gasteiger partial charge in [-0.2, -0.15) is 0 Å². The molecule has 0 saturated carbocycles. The van der Waals surface area contributed by atoms with Crippen LogP contribution in [0.4, 0.5) is 0 Å². The molecule has 0 atom stereocenters. The largest absolute Gasteiger partial charge is 0.0610 e. The molecule has 0 radical (unpaired) electrons. The maximum atomic E-state index is 2.39. The molecule has 0 saturated heterocycles. The Morgan fingerprint density at radius 3 is 1.65 bits per heavy atom. The lowest BCUT2D eigenvalue weighted by atomic mass is 9.94. The summed E-state index contributed by atoms with van der Waals surface area (Å²) in [6, 6.07) is 19.9. The summed E-state index contributed by atoms with van der Waals surface area (Å²) in [6.45, 7) is 0. The van der Waals surface area contributed by atoms with Gasteiger partial charge in [-0.25, -0.2) is 0 Å². The molecule has 0 nitrogen and oxygen atoms in total. The molecule has 0 amide bonds. The standard InChI is InChI=1S/C16H9I/c17-14-8-12-6-4-10-2-1-3-11-5-7-13(9-14)16(12)15(10)11/h1-9H. The van der Waals surface area contributed by atoms with E-state index in [9.17, 15) is 0 Å². The van der Waals surface area contributed by atoms with Crippen molar-refractivity contribution < 1.29 is 0 Å². The van der Waals surface area contributed by atoms with E-state index >= 15 is 0 Å². The van der Waals surface area contributed by atoms with Crippen molar-refractivity contribution in [3.05, 3.63) is 58.2 Å². The molecule has 0 heterocycles. The van der Waals surface area contributed by atoms with Crippen molar-refractivity contribution in [2.45, 2.75) is 0 Å². The summed E-state index contributed by atoms with van der Waals surface area (Å²) in [5, 5.41) is 8.16. The van der Waals surface area contributed by atoms with E-state index in [-0.39, 0.29) is 0 Å². The van der Waals surface area contributed by atoms with E-state index in [4.69, 9.17) is 0 Å². The summed E-state index contributed by atoms with van der Waals surface area (Å²) in [5.74, 6) is 0. The predicted octanol–water partition coefficient (Wildman–Crippen LogP) is 5.19. The Bertz CT molecular complexity index is 782. The molecule has 1 heteroatoms. The van der Waals surface area contributed by atoms with Gasteiger partial charge >= 0.3 is 0 Å². The van der Waals surface area contributed by atoms with E-state index in [0.29, 0.717) is 0 Å². The third kappa shape index (κ3) is 1.29. The second kappa shape index (κ2) is 3.33. The first-order chi connectivity index (χ1) is 8.33. The first-order valence-electron chi connectivity index (χ1n) is 5.66. The Morgan fingerprint density at radius 2 is 1.06 bits per heavy atom. The van der Waals surface area contributed by atoms with Gasteiger partial charge < -0.3 is 0 Å². The van der Waals surface area contributed by atoms with Crippen molar-refractivity contribution in [3.63, 3.8) is 0 Å². The van der Waals surface area contributed by atoms with Crippen molar-refractivity contribution in [2.75, 3.05) is 0 Å². The second-order valence-corrected chi connectivity index (χ2v) is 5.68. The van der Waals surface area contributed by atoms with Crippen molar-refractivity contribution in [2.24, 2.45) is 0 Å². The SMILES string of the molecule is Ic1cc2ccc3cccc4ccc(c1)c2c34. The molecular weight excluding hydrogens is 319 g/mol. The van der Waals surface area contributed by atoms with Crippen LogP contribution in [0.5, 0.6) is 0 Å². The van der Waals surface area contributed by atoms with Gasteiger partial charge in [-0.15, -0.1) is 0 Å². The molecule has 0 spiro atoms. The lowest BCUT2D eigenvalue weighted by Gasteiger charge is -2.10. The highest BCUT2D eigenvalue weighted by molar-refractivity contribution is 14.1. The fourth-order valence-electron chi connectivity index (χ4n) is 2.72. The summed E-state index contributed by atoms with van der Waals surface area (Å²) < 4.78 is 1.30. The number of halogens is 1. The van der Waals surface area contributed by atoms with Gasteiger partial charge in [0, 0.05) is 3.57 Å². The smallest absolute Gasteiger partial charge is 0.0142 e. The molecule has 80 valence electrons. The van der Waals surface area contributed by atoms with Gasteiger partial charge in [-0.05, 0) is 67.0 Å². The van der Waals surface area contributed by atoms with Crippen LogP contribution in [0.3, 0.4) is 0 Å². The van der Waals surface area contributed by atoms with E-state index in [2.05, 4.69) is 77.2 Å². The van der Waals surface area contributed by atoms with Crippen molar-refractivity contribution in [1.29, 1.82) is 0 Å². The van der Waals surface area contributed by atoms with Crippen LogP contribution in [0.25, 0.3) is 32.3 Å². The van der Waals surface area contributed by atoms with Gasteiger partial charge in [0.15, 0.2) is 0 Å². The Hall–Kier alpha value is -1.35. The molecule has 0 aliphatic heterocycles. The fourth-order valence-corrected chi connectivity index (χ4v) is 3.39. The van der Waals surface area contributed by atoms with Crippen molar-refractivity contribution in [3.8, 4) is 0 Å². The Labute approximate surface area is 113 Å². The van der Waals surface area contributed by atoms with Crippen molar-refractivity contribution >= 4 is 54.9 Å². The normalized spacial score (nSPS) is 11.8. The van der Waals surface area contributed by atoms with Gasteiger partial charge in [-0.1, -0.05) is 42.5 Å². The van der Waals surface area contributed by atoms with Crippen LogP contribution in [0.2, 0.25) is 0 Å². The van der Waals surface area contributed by atoms with Crippen LogP contribution in [-0.4, -0.2) is 0 Å². The summed E-state index contributed by atoms with van der Waals surface area (Å²) >= 11 is 2.39. The van der Waals surface area contributed by atoms with E-state index in [1.807, 2.05) is 0 Å². The molecule has 0 unspecified atom stereocenters. The fraction of sp³-hybridized carbons (Fsp3) is 0. The van der Waals surface area contributed by atoms with Crippen LogP contribution in [0, 0.1) is 3.57 Å². The minimum absolute atomic E-state index is 1.30. The lowest BCUT2D eigenvalue weighted by Crippen LogP contribution is -1.84. The molecule has 4 aromatic carbocycles. The molecular formula is C16H9I. The van der Waals surface area contributed by atoms with Crippen LogP contribution < -0.4 is 0 Å². The topological polar surface area (TPSA) is 0 Å². The molecule has 0 aliphatic rings. The third-order valence-electron chi connectivity index (χ3n) is 3.43. The molecule has 0 aromatic heterocycles. The lowest BCUT2D eigenvalue weighted by molar-refractivity contribution is 1.74. The predicted molar refractivity (Wildman–Crippen MR) is 82.9 cm³/mol. The maximum absolute atomic E-state index is 2.39. The summed E-state index contributed by atoms with van der Waals surface area (Å²) in [7, 11) is 0. The van der Waals surface area contributed by atoms with Gasteiger partial charge in [0.1, 0.15) is 0 Å². The van der Waals surface area contributed by atoms with E-state index in [1.54, 1.807) is 0 Å². The third-order valence-corrected chi connectivity index (χ3v) is 4.05. The minimum Gasteiger partial charge on any atom is -0.0610 e. The molecule has 0 N–H and O–H groups in total. The van der Waals surface area contributed by atoms with Gasteiger partial charge in [0.2, 0.25) is 0 Å². The molecule has 0 bridgehead atoms. The zero-order valence-electron chi connectivity index (χ0n) is 9.07. The molecule has 0 fully saturated rings.